The van der Waals surface area contributed by atoms with E-state index < -0.39 is 0 Å². The quantitative estimate of drug-likeness (QED) is 0.386. The van der Waals surface area contributed by atoms with Crippen LogP contribution in [0.5, 0.6) is 0 Å². The Kier molecular flexibility index (Phi) is 4.06. The van der Waals surface area contributed by atoms with Crippen molar-refractivity contribution in [2.45, 2.75) is 26.2 Å². The first kappa shape index (κ1) is 17.8. The highest BCUT2D eigenvalue weighted by molar-refractivity contribution is 5.83. The van der Waals surface area contributed by atoms with E-state index in [2.05, 4.69) is 111 Å². The van der Waals surface area contributed by atoms with Crippen molar-refractivity contribution in [2.75, 3.05) is 5.32 Å². The zero-order chi connectivity index (χ0) is 20.0. The molecule has 4 aromatic carbocycles. The normalized spacial score (nSPS) is 13.6. The Bertz CT molecular complexity index is 1180. The number of hydrogen-bond donors (Lipinski definition) is 1. The molecule has 1 aliphatic rings. The van der Waals surface area contributed by atoms with Gasteiger partial charge in [-0.3, -0.25) is 0 Å². The van der Waals surface area contributed by atoms with Crippen LogP contribution in [0.25, 0.3) is 22.3 Å². The second kappa shape index (κ2) is 6.63. The number of aryl methyl sites for hydroxylation is 1. The maximum absolute atomic E-state index is 3.59. The highest BCUT2D eigenvalue weighted by Gasteiger charge is 2.35. The molecule has 1 aliphatic carbocycles. The molecule has 0 bridgehead atoms. The predicted octanol–water partition coefficient (Wildman–Crippen LogP) is 7.71. The second-order valence-electron chi connectivity index (χ2n) is 8.50. The van der Waals surface area contributed by atoms with Gasteiger partial charge in [0, 0.05) is 16.8 Å². The standard InChI is InChI=1S/C28H25N/c1-19-9-15-24-25-16-14-23(18-27(25)28(2,3)26(24)17-19)29-22-12-10-21(11-13-22)20-7-5-4-6-8-20/h4-18,29H,1-3H3. The van der Waals surface area contributed by atoms with Crippen molar-refractivity contribution < 1.29 is 0 Å². The molecule has 0 aromatic heterocycles. The Morgan fingerprint density at radius 1 is 0.586 bits per heavy atom. The first-order valence-corrected chi connectivity index (χ1v) is 10.2. The zero-order valence-corrected chi connectivity index (χ0v) is 17.2. The Morgan fingerprint density at radius 2 is 1.17 bits per heavy atom. The molecular formula is C28H25N. The predicted molar refractivity (Wildman–Crippen MR) is 124 cm³/mol. The minimum Gasteiger partial charge on any atom is -0.356 e. The van der Waals surface area contributed by atoms with Gasteiger partial charge in [0.1, 0.15) is 0 Å². The third kappa shape index (κ3) is 3.03. The van der Waals surface area contributed by atoms with Gasteiger partial charge in [0.2, 0.25) is 0 Å². The molecule has 0 saturated carbocycles. The van der Waals surface area contributed by atoms with Crippen molar-refractivity contribution >= 4 is 11.4 Å². The summed E-state index contributed by atoms with van der Waals surface area (Å²) in [6, 6.07) is 32.7. The topological polar surface area (TPSA) is 12.0 Å². The van der Waals surface area contributed by atoms with Crippen LogP contribution in [0.15, 0.2) is 91.0 Å². The fourth-order valence-electron chi connectivity index (χ4n) is 4.47. The molecule has 1 nitrogen and oxygen atoms in total. The van der Waals surface area contributed by atoms with Gasteiger partial charge in [-0.05, 0) is 64.6 Å². The summed E-state index contributed by atoms with van der Waals surface area (Å²) in [5, 5.41) is 3.59. The lowest BCUT2D eigenvalue weighted by atomic mass is 9.82. The van der Waals surface area contributed by atoms with E-state index in [9.17, 15) is 0 Å². The van der Waals surface area contributed by atoms with Crippen molar-refractivity contribution in [1.82, 2.24) is 0 Å². The first-order chi connectivity index (χ1) is 14.0. The van der Waals surface area contributed by atoms with Gasteiger partial charge in [0.05, 0.1) is 0 Å². The molecule has 5 rings (SSSR count). The molecule has 142 valence electrons. The third-order valence-corrected chi connectivity index (χ3v) is 6.11. The van der Waals surface area contributed by atoms with E-state index in [4.69, 9.17) is 0 Å². The molecular weight excluding hydrogens is 350 g/mol. The summed E-state index contributed by atoms with van der Waals surface area (Å²) in [7, 11) is 0. The van der Waals surface area contributed by atoms with Crippen LogP contribution < -0.4 is 5.32 Å². The van der Waals surface area contributed by atoms with Gasteiger partial charge < -0.3 is 5.32 Å². The average molecular weight is 376 g/mol. The fraction of sp³-hybridized carbons (Fsp3) is 0.143. The number of hydrogen-bond acceptors (Lipinski definition) is 1. The lowest BCUT2D eigenvalue weighted by molar-refractivity contribution is 0.660. The molecule has 0 heterocycles. The molecule has 0 radical (unpaired) electrons. The van der Waals surface area contributed by atoms with Crippen molar-refractivity contribution in [2.24, 2.45) is 0 Å². The van der Waals surface area contributed by atoms with Crippen molar-refractivity contribution in [1.29, 1.82) is 0 Å². The van der Waals surface area contributed by atoms with E-state index in [1.165, 1.54) is 38.9 Å². The minimum atomic E-state index is 0.0194. The smallest absolute Gasteiger partial charge is 0.0387 e. The lowest BCUT2D eigenvalue weighted by Crippen LogP contribution is -2.15. The third-order valence-electron chi connectivity index (χ3n) is 6.11. The van der Waals surface area contributed by atoms with Crippen LogP contribution in [-0.2, 0) is 5.41 Å². The van der Waals surface area contributed by atoms with E-state index in [-0.39, 0.29) is 5.41 Å². The van der Waals surface area contributed by atoms with Gasteiger partial charge in [-0.15, -0.1) is 0 Å². The maximum Gasteiger partial charge on any atom is 0.0387 e. The largest absolute Gasteiger partial charge is 0.356 e. The van der Waals surface area contributed by atoms with Crippen LogP contribution in [0.1, 0.15) is 30.5 Å². The molecule has 0 unspecified atom stereocenters. The molecule has 4 aromatic rings. The van der Waals surface area contributed by atoms with Crippen LogP contribution >= 0.6 is 0 Å². The molecule has 0 fully saturated rings. The SMILES string of the molecule is Cc1ccc2c(c1)C(C)(C)c1cc(Nc3ccc(-c4ccccc4)cc3)ccc1-2. The van der Waals surface area contributed by atoms with Gasteiger partial charge in [0.15, 0.2) is 0 Å². The summed E-state index contributed by atoms with van der Waals surface area (Å²) in [5.41, 5.74) is 11.6. The molecule has 1 N–H and O–H groups in total. The van der Waals surface area contributed by atoms with Crippen molar-refractivity contribution in [3.8, 4) is 22.3 Å². The van der Waals surface area contributed by atoms with Crippen molar-refractivity contribution in [3.63, 3.8) is 0 Å². The van der Waals surface area contributed by atoms with Gasteiger partial charge in [-0.2, -0.15) is 0 Å². The second-order valence-corrected chi connectivity index (χ2v) is 8.50. The van der Waals surface area contributed by atoms with Crippen molar-refractivity contribution in [3.05, 3.63) is 108 Å². The van der Waals surface area contributed by atoms with E-state index in [1.807, 2.05) is 6.07 Å². The van der Waals surface area contributed by atoms with Gasteiger partial charge in [-0.1, -0.05) is 86.1 Å². The van der Waals surface area contributed by atoms with E-state index in [1.54, 1.807) is 0 Å². The summed E-state index contributed by atoms with van der Waals surface area (Å²) in [4.78, 5) is 0. The van der Waals surface area contributed by atoms with E-state index >= 15 is 0 Å². The Balaban J connectivity index is 1.45. The highest BCUT2D eigenvalue weighted by Crippen LogP contribution is 2.49. The Morgan fingerprint density at radius 3 is 1.90 bits per heavy atom. The summed E-state index contributed by atoms with van der Waals surface area (Å²) in [6.07, 6.45) is 0. The monoisotopic (exact) mass is 375 g/mol. The number of rotatable bonds is 3. The van der Waals surface area contributed by atoms with Gasteiger partial charge >= 0.3 is 0 Å². The summed E-state index contributed by atoms with van der Waals surface area (Å²) in [5.74, 6) is 0. The number of anilines is 2. The van der Waals surface area contributed by atoms with E-state index in [0.717, 1.165) is 11.4 Å². The Hall–Kier alpha value is -3.32. The molecule has 0 spiro atoms. The molecule has 29 heavy (non-hydrogen) atoms. The molecule has 0 saturated heterocycles. The highest BCUT2D eigenvalue weighted by atomic mass is 14.9. The van der Waals surface area contributed by atoms with Crippen LogP contribution in [0, 0.1) is 6.92 Å². The number of nitrogens with one attached hydrogen (secondary N) is 1. The van der Waals surface area contributed by atoms with Gasteiger partial charge in [0.25, 0.3) is 0 Å². The zero-order valence-electron chi connectivity index (χ0n) is 17.2. The molecule has 0 amide bonds. The summed E-state index contributed by atoms with van der Waals surface area (Å²) < 4.78 is 0. The number of fused-ring (bicyclic) bond motifs is 3. The fourth-order valence-corrected chi connectivity index (χ4v) is 4.47. The number of benzene rings is 4. The summed E-state index contributed by atoms with van der Waals surface area (Å²) >= 11 is 0. The maximum atomic E-state index is 3.59. The first-order valence-electron chi connectivity index (χ1n) is 10.2. The molecule has 1 heteroatoms. The van der Waals surface area contributed by atoms with E-state index in [0.29, 0.717) is 0 Å². The van der Waals surface area contributed by atoms with Crippen LogP contribution in [-0.4, -0.2) is 0 Å². The van der Waals surface area contributed by atoms with Crippen LogP contribution in [0.3, 0.4) is 0 Å². The lowest BCUT2D eigenvalue weighted by Gasteiger charge is -2.22. The molecule has 0 aliphatic heterocycles. The van der Waals surface area contributed by atoms with Crippen LogP contribution in [0.2, 0.25) is 0 Å². The average Bonchev–Trinajstić information content (AvgIpc) is 2.96. The minimum absolute atomic E-state index is 0.0194. The summed E-state index contributed by atoms with van der Waals surface area (Å²) in [6.45, 7) is 6.83. The van der Waals surface area contributed by atoms with Crippen LogP contribution in [0.4, 0.5) is 11.4 Å². The van der Waals surface area contributed by atoms with Gasteiger partial charge in [-0.25, -0.2) is 0 Å². The Labute approximate surface area is 173 Å². The molecule has 0 atom stereocenters.